The number of halogens is 3. The Kier molecular flexibility index (Phi) is 3.21. The van der Waals surface area contributed by atoms with E-state index >= 15 is 0 Å². The molecule has 0 aromatic heterocycles. The maximum atomic E-state index is 5.62. The molecule has 0 aliphatic heterocycles. The summed E-state index contributed by atoms with van der Waals surface area (Å²) in [5.41, 5.74) is 1.12. The van der Waals surface area contributed by atoms with Gasteiger partial charge in [0.15, 0.2) is 0 Å². The number of hydrogen-bond donors (Lipinski definition) is 0. The second-order valence-electron chi connectivity index (χ2n) is 1.88. The van der Waals surface area contributed by atoms with Gasteiger partial charge in [0, 0.05) is 14.8 Å². The smallest absolute Gasteiger partial charge is 0.0474 e. The van der Waals surface area contributed by atoms with Crippen LogP contribution in [0.3, 0.4) is 0 Å². The van der Waals surface area contributed by atoms with Crippen molar-refractivity contribution in [1.82, 2.24) is 0 Å². The first kappa shape index (κ1) is 8.57. The lowest BCUT2D eigenvalue weighted by molar-refractivity contribution is 1.38. The molecule has 0 N–H and O–H groups in total. The molecule has 0 atom stereocenters. The monoisotopic (exact) mass is 282 g/mol. The van der Waals surface area contributed by atoms with Crippen LogP contribution in [0.5, 0.6) is 0 Å². The standard InChI is InChI=1S/C7H5Br2Cl/c8-6-2-1-5(4-10)3-7(6)9/h1-3H,4H2. The maximum Gasteiger partial charge on any atom is 0.0474 e. The van der Waals surface area contributed by atoms with Crippen LogP contribution in [0, 0.1) is 0 Å². The second-order valence-corrected chi connectivity index (χ2v) is 3.86. The highest BCUT2D eigenvalue weighted by atomic mass is 79.9. The van der Waals surface area contributed by atoms with Crippen LogP contribution in [0.2, 0.25) is 0 Å². The molecule has 0 nitrogen and oxygen atoms in total. The number of rotatable bonds is 1. The van der Waals surface area contributed by atoms with Crippen molar-refractivity contribution in [2.75, 3.05) is 0 Å². The van der Waals surface area contributed by atoms with Crippen molar-refractivity contribution in [2.45, 2.75) is 5.88 Å². The van der Waals surface area contributed by atoms with Crippen LogP contribution in [0.15, 0.2) is 27.1 Å². The van der Waals surface area contributed by atoms with E-state index in [4.69, 9.17) is 11.6 Å². The molecule has 0 saturated carbocycles. The third-order valence-corrected chi connectivity index (χ3v) is 3.33. The van der Waals surface area contributed by atoms with Crippen molar-refractivity contribution in [2.24, 2.45) is 0 Å². The van der Waals surface area contributed by atoms with Gasteiger partial charge in [0.1, 0.15) is 0 Å². The fourth-order valence-electron chi connectivity index (χ4n) is 0.623. The van der Waals surface area contributed by atoms with Crippen molar-refractivity contribution in [3.8, 4) is 0 Å². The van der Waals surface area contributed by atoms with Gasteiger partial charge in [-0.2, -0.15) is 0 Å². The van der Waals surface area contributed by atoms with Gasteiger partial charge in [0.05, 0.1) is 0 Å². The first-order valence-corrected chi connectivity index (χ1v) is 4.86. The molecule has 0 aliphatic carbocycles. The van der Waals surface area contributed by atoms with E-state index in [0.717, 1.165) is 14.5 Å². The van der Waals surface area contributed by atoms with Gasteiger partial charge in [-0.15, -0.1) is 11.6 Å². The molecular formula is C7H5Br2Cl. The van der Waals surface area contributed by atoms with Crippen LogP contribution >= 0.6 is 43.5 Å². The van der Waals surface area contributed by atoms with Crippen LogP contribution in [-0.4, -0.2) is 0 Å². The average Bonchev–Trinajstić information content (AvgIpc) is 1.95. The van der Waals surface area contributed by atoms with E-state index < -0.39 is 0 Å². The lowest BCUT2D eigenvalue weighted by Crippen LogP contribution is -1.76. The SMILES string of the molecule is ClCc1ccc(Br)c(Br)c1. The molecule has 1 aromatic rings. The summed E-state index contributed by atoms with van der Waals surface area (Å²) in [6, 6.07) is 5.96. The predicted octanol–water partition coefficient (Wildman–Crippen LogP) is 3.95. The van der Waals surface area contributed by atoms with Gasteiger partial charge in [-0.3, -0.25) is 0 Å². The molecule has 10 heavy (non-hydrogen) atoms. The Labute approximate surface area is 81.8 Å². The molecule has 0 aliphatic rings. The minimum Gasteiger partial charge on any atom is -0.122 e. The molecule has 1 aromatic carbocycles. The highest BCUT2D eigenvalue weighted by molar-refractivity contribution is 9.13. The molecule has 0 saturated heterocycles. The van der Waals surface area contributed by atoms with Gasteiger partial charge in [0.25, 0.3) is 0 Å². The Hall–Kier alpha value is 0.470. The Morgan fingerprint density at radius 2 is 1.90 bits per heavy atom. The highest BCUT2D eigenvalue weighted by Crippen LogP contribution is 2.24. The zero-order valence-electron chi connectivity index (χ0n) is 5.07. The maximum absolute atomic E-state index is 5.62. The van der Waals surface area contributed by atoms with Crippen molar-refractivity contribution in [3.05, 3.63) is 32.7 Å². The molecule has 54 valence electrons. The Balaban J connectivity index is 3.04. The third kappa shape index (κ3) is 1.97. The van der Waals surface area contributed by atoms with Crippen molar-refractivity contribution in [3.63, 3.8) is 0 Å². The summed E-state index contributed by atoms with van der Waals surface area (Å²) in [5, 5.41) is 0. The Morgan fingerprint density at radius 1 is 1.20 bits per heavy atom. The first-order valence-electron chi connectivity index (χ1n) is 2.74. The molecule has 3 heteroatoms. The van der Waals surface area contributed by atoms with Gasteiger partial charge in [-0.05, 0) is 49.6 Å². The van der Waals surface area contributed by atoms with Crippen LogP contribution < -0.4 is 0 Å². The first-order chi connectivity index (χ1) is 4.74. The van der Waals surface area contributed by atoms with E-state index in [0.29, 0.717) is 5.88 Å². The molecular weight excluding hydrogens is 279 g/mol. The topological polar surface area (TPSA) is 0 Å². The van der Waals surface area contributed by atoms with Gasteiger partial charge >= 0.3 is 0 Å². The summed E-state index contributed by atoms with van der Waals surface area (Å²) >= 11 is 12.4. The third-order valence-electron chi connectivity index (χ3n) is 1.14. The second kappa shape index (κ2) is 3.74. The van der Waals surface area contributed by atoms with Gasteiger partial charge in [0.2, 0.25) is 0 Å². The van der Waals surface area contributed by atoms with E-state index in [9.17, 15) is 0 Å². The fourth-order valence-corrected chi connectivity index (χ4v) is 1.46. The van der Waals surface area contributed by atoms with Crippen molar-refractivity contribution >= 4 is 43.5 Å². The molecule has 0 radical (unpaired) electrons. The van der Waals surface area contributed by atoms with Crippen molar-refractivity contribution in [1.29, 1.82) is 0 Å². The number of alkyl halides is 1. The van der Waals surface area contributed by atoms with Gasteiger partial charge in [-0.1, -0.05) is 6.07 Å². The normalized spacial score (nSPS) is 9.90. The molecule has 0 unspecified atom stereocenters. The molecule has 0 fully saturated rings. The summed E-state index contributed by atoms with van der Waals surface area (Å²) in [5.74, 6) is 0.561. The molecule has 0 amide bonds. The molecule has 0 bridgehead atoms. The zero-order chi connectivity index (χ0) is 7.56. The summed E-state index contributed by atoms with van der Waals surface area (Å²) < 4.78 is 2.10. The van der Waals surface area contributed by atoms with E-state index in [1.54, 1.807) is 0 Å². The quantitative estimate of drug-likeness (QED) is 0.685. The average molecular weight is 284 g/mol. The predicted molar refractivity (Wildman–Crippen MR) is 51.4 cm³/mol. The van der Waals surface area contributed by atoms with E-state index in [2.05, 4.69) is 31.9 Å². The van der Waals surface area contributed by atoms with E-state index in [1.807, 2.05) is 18.2 Å². The lowest BCUT2D eigenvalue weighted by Gasteiger charge is -1.97. The van der Waals surface area contributed by atoms with Crippen molar-refractivity contribution < 1.29 is 0 Å². The molecule has 0 spiro atoms. The number of benzene rings is 1. The fraction of sp³-hybridized carbons (Fsp3) is 0.143. The largest absolute Gasteiger partial charge is 0.122 e. The Morgan fingerprint density at radius 3 is 2.40 bits per heavy atom. The number of hydrogen-bond acceptors (Lipinski definition) is 0. The highest BCUT2D eigenvalue weighted by Gasteiger charge is 1.95. The van der Waals surface area contributed by atoms with Crippen LogP contribution in [0.25, 0.3) is 0 Å². The molecule has 0 heterocycles. The van der Waals surface area contributed by atoms with Crippen LogP contribution in [-0.2, 0) is 5.88 Å². The van der Waals surface area contributed by atoms with Crippen LogP contribution in [0.4, 0.5) is 0 Å². The van der Waals surface area contributed by atoms with Gasteiger partial charge in [-0.25, -0.2) is 0 Å². The zero-order valence-corrected chi connectivity index (χ0v) is 9.00. The summed E-state index contributed by atoms with van der Waals surface area (Å²) in [7, 11) is 0. The summed E-state index contributed by atoms with van der Waals surface area (Å²) in [4.78, 5) is 0. The minimum absolute atomic E-state index is 0.561. The van der Waals surface area contributed by atoms with Gasteiger partial charge < -0.3 is 0 Å². The Bertz CT molecular complexity index is 235. The minimum atomic E-state index is 0.561. The van der Waals surface area contributed by atoms with E-state index in [-0.39, 0.29) is 0 Å². The molecule has 1 rings (SSSR count). The van der Waals surface area contributed by atoms with E-state index in [1.165, 1.54) is 0 Å². The summed E-state index contributed by atoms with van der Waals surface area (Å²) in [6.45, 7) is 0. The summed E-state index contributed by atoms with van der Waals surface area (Å²) in [6.07, 6.45) is 0. The lowest BCUT2D eigenvalue weighted by atomic mass is 10.2. The van der Waals surface area contributed by atoms with Crippen LogP contribution in [0.1, 0.15) is 5.56 Å².